The minimum absolute atomic E-state index is 0.0407. The summed E-state index contributed by atoms with van der Waals surface area (Å²) < 4.78 is 32.5. The molecule has 132 valence electrons. The lowest BCUT2D eigenvalue weighted by molar-refractivity contribution is -0.151. The first kappa shape index (κ1) is 17.5. The van der Waals surface area contributed by atoms with Crippen LogP contribution < -0.4 is 0 Å². The number of hydrogen-bond acceptors (Lipinski definition) is 3. The normalized spacial score (nSPS) is 15.9. The maximum absolute atomic E-state index is 13.7. The van der Waals surface area contributed by atoms with E-state index in [9.17, 15) is 13.6 Å². The molecule has 0 aromatic heterocycles. The summed E-state index contributed by atoms with van der Waals surface area (Å²) in [6, 6.07) is 13.0. The second-order valence-corrected chi connectivity index (χ2v) is 6.34. The summed E-state index contributed by atoms with van der Waals surface area (Å²) >= 11 is 0. The summed E-state index contributed by atoms with van der Waals surface area (Å²) in [7, 11) is 0. The zero-order chi connectivity index (χ0) is 17.6. The predicted octanol–water partition coefficient (Wildman–Crippen LogP) is 3.92. The molecule has 3 nitrogen and oxygen atoms in total. The van der Waals surface area contributed by atoms with Gasteiger partial charge < -0.3 is 4.74 Å². The monoisotopic (exact) mass is 345 g/mol. The van der Waals surface area contributed by atoms with Crippen molar-refractivity contribution in [2.24, 2.45) is 5.92 Å². The molecular formula is C20H21F2NO2. The molecule has 0 amide bonds. The first-order valence-electron chi connectivity index (χ1n) is 8.49. The number of carbonyl (C=O) groups is 1. The maximum Gasteiger partial charge on any atom is 0.309 e. The van der Waals surface area contributed by atoms with Crippen molar-refractivity contribution in [3.8, 4) is 0 Å². The van der Waals surface area contributed by atoms with E-state index in [4.69, 9.17) is 4.74 Å². The third kappa shape index (κ3) is 4.63. The molecule has 1 aliphatic rings. The molecule has 0 spiro atoms. The molecule has 1 aliphatic heterocycles. The molecule has 0 atom stereocenters. The predicted molar refractivity (Wildman–Crippen MR) is 90.6 cm³/mol. The highest BCUT2D eigenvalue weighted by Gasteiger charge is 2.26. The number of hydrogen-bond donors (Lipinski definition) is 0. The topological polar surface area (TPSA) is 29.5 Å². The fraction of sp³-hybridized carbons (Fsp3) is 0.350. The van der Waals surface area contributed by atoms with Crippen LogP contribution in [0.15, 0.2) is 48.5 Å². The summed E-state index contributed by atoms with van der Waals surface area (Å²) in [6.45, 7) is 1.94. The van der Waals surface area contributed by atoms with Gasteiger partial charge in [-0.3, -0.25) is 9.69 Å². The van der Waals surface area contributed by atoms with Gasteiger partial charge in [-0.05, 0) is 38.1 Å². The number of benzene rings is 2. The van der Waals surface area contributed by atoms with Crippen molar-refractivity contribution in [1.82, 2.24) is 4.90 Å². The summed E-state index contributed by atoms with van der Waals surface area (Å²) in [6.07, 6.45) is 1.34. The lowest BCUT2D eigenvalue weighted by Gasteiger charge is -2.30. The Labute approximate surface area is 146 Å². The van der Waals surface area contributed by atoms with E-state index in [2.05, 4.69) is 4.90 Å². The Morgan fingerprint density at radius 2 is 1.52 bits per heavy atom. The fourth-order valence-corrected chi connectivity index (χ4v) is 3.08. The average Bonchev–Trinajstić information content (AvgIpc) is 2.63. The molecule has 25 heavy (non-hydrogen) atoms. The van der Waals surface area contributed by atoms with Crippen LogP contribution in [0, 0.1) is 17.6 Å². The molecular weight excluding hydrogens is 324 g/mol. The molecule has 1 heterocycles. The summed E-state index contributed by atoms with van der Waals surface area (Å²) in [5.41, 5.74) is 1.05. The molecule has 1 saturated heterocycles. The van der Waals surface area contributed by atoms with Gasteiger partial charge in [0.2, 0.25) is 0 Å². The van der Waals surface area contributed by atoms with E-state index in [1.54, 1.807) is 30.3 Å². The van der Waals surface area contributed by atoms with Crippen LogP contribution in [0.4, 0.5) is 8.78 Å². The van der Waals surface area contributed by atoms with Gasteiger partial charge in [-0.15, -0.1) is 0 Å². The summed E-state index contributed by atoms with van der Waals surface area (Å²) in [5.74, 6) is -1.03. The van der Waals surface area contributed by atoms with Gasteiger partial charge in [0.05, 0.1) is 5.92 Å². The lowest BCUT2D eigenvalue weighted by Crippen LogP contribution is -2.36. The maximum atomic E-state index is 13.7. The van der Waals surface area contributed by atoms with Gasteiger partial charge >= 0.3 is 5.97 Å². The van der Waals surface area contributed by atoms with E-state index in [-0.39, 0.29) is 30.1 Å². The van der Waals surface area contributed by atoms with E-state index in [1.165, 1.54) is 12.1 Å². The molecule has 5 heteroatoms. The van der Waals surface area contributed by atoms with Crippen LogP contribution in [0.3, 0.4) is 0 Å². The Kier molecular flexibility index (Phi) is 5.76. The number of likely N-dealkylation sites (tertiary alicyclic amines) is 1. The van der Waals surface area contributed by atoms with Gasteiger partial charge in [0.25, 0.3) is 0 Å². The first-order chi connectivity index (χ1) is 12.1. The zero-order valence-electron chi connectivity index (χ0n) is 14.0. The van der Waals surface area contributed by atoms with Crippen LogP contribution in [0.25, 0.3) is 0 Å². The van der Waals surface area contributed by atoms with Gasteiger partial charge in [-0.1, -0.05) is 36.4 Å². The van der Waals surface area contributed by atoms with Crippen molar-refractivity contribution < 1.29 is 18.3 Å². The first-order valence-corrected chi connectivity index (χ1v) is 8.49. The van der Waals surface area contributed by atoms with Crippen molar-refractivity contribution in [3.63, 3.8) is 0 Å². The molecule has 2 aromatic carbocycles. The number of piperidine rings is 1. The highest BCUT2D eigenvalue weighted by atomic mass is 19.1. The Morgan fingerprint density at radius 3 is 2.12 bits per heavy atom. The highest BCUT2D eigenvalue weighted by Crippen LogP contribution is 2.22. The van der Waals surface area contributed by atoms with E-state index >= 15 is 0 Å². The highest BCUT2D eigenvalue weighted by molar-refractivity contribution is 5.72. The molecule has 0 radical (unpaired) electrons. The van der Waals surface area contributed by atoms with Gasteiger partial charge in [-0.25, -0.2) is 8.78 Å². The van der Waals surface area contributed by atoms with Crippen molar-refractivity contribution in [1.29, 1.82) is 0 Å². The third-order valence-electron chi connectivity index (χ3n) is 4.60. The van der Waals surface area contributed by atoms with Crippen molar-refractivity contribution in [2.45, 2.75) is 26.0 Å². The van der Waals surface area contributed by atoms with Gasteiger partial charge in [-0.2, -0.15) is 0 Å². The van der Waals surface area contributed by atoms with Crippen LogP contribution in [0.5, 0.6) is 0 Å². The van der Waals surface area contributed by atoms with E-state index in [1.807, 2.05) is 6.07 Å². The van der Waals surface area contributed by atoms with Crippen LogP contribution in [-0.4, -0.2) is 24.0 Å². The van der Waals surface area contributed by atoms with Crippen LogP contribution in [0.2, 0.25) is 0 Å². The van der Waals surface area contributed by atoms with Crippen LogP contribution in [0.1, 0.15) is 24.0 Å². The molecule has 1 fully saturated rings. The number of rotatable bonds is 5. The smallest absolute Gasteiger partial charge is 0.309 e. The van der Waals surface area contributed by atoms with E-state index in [0.29, 0.717) is 43.6 Å². The minimum atomic E-state index is -0.366. The Morgan fingerprint density at radius 1 is 0.960 bits per heavy atom. The van der Waals surface area contributed by atoms with Gasteiger partial charge in [0.1, 0.15) is 18.2 Å². The third-order valence-corrected chi connectivity index (χ3v) is 4.60. The fourth-order valence-electron chi connectivity index (χ4n) is 3.08. The van der Waals surface area contributed by atoms with Gasteiger partial charge in [0, 0.05) is 17.7 Å². The molecule has 0 bridgehead atoms. The van der Waals surface area contributed by atoms with Crippen molar-refractivity contribution in [2.75, 3.05) is 13.1 Å². The zero-order valence-corrected chi connectivity index (χ0v) is 14.0. The van der Waals surface area contributed by atoms with Gasteiger partial charge in [0.15, 0.2) is 0 Å². The number of halogens is 2. The summed E-state index contributed by atoms with van der Waals surface area (Å²) in [5, 5.41) is 0. The molecule has 2 aromatic rings. The number of esters is 1. The standard InChI is InChI=1S/C20H21F2NO2/c21-18-7-3-1-5-16(18)13-23-11-9-15(10-12-23)20(24)25-14-17-6-2-4-8-19(17)22/h1-8,15H,9-14H2. The molecule has 3 rings (SSSR count). The van der Waals surface area contributed by atoms with Crippen molar-refractivity contribution in [3.05, 3.63) is 71.3 Å². The SMILES string of the molecule is O=C(OCc1ccccc1F)C1CCN(Cc2ccccc2F)CC1. The average molecular weight is 345 g/mol. The Balaban J connectivity index is 1.46. The van der Waals surface area contributed by atoms with Crippen LogP contribution >= 0.6 is 0 Å². The molecule has 0 aliphatic carbocycles. The minimum Gasteiger partial charge on any atom is -0.460 e. The quantitative estimate of drug-likeness (QED) is 0.769. The second kappa shape index (κ2) is 8.21. The van der Waals surface area contributed by atoms with E-state index < -0.39 is 0 Å². The number of carbonyl (C=O) groups excluding carboxylic acids is 1. The van der Waals surface area contributed by atoms with Crippen LogP contribution in [-0.2, 0) is 22.7 Å². The largest absolute Gasteiger partial charge is 0.460 e. The number of nitrogens with zero attached hydrogens (tertiary/aromatic N) is 1. The Hall–Kier alpha value is -2.27. The molecule has 0 N–H and O–H groups in total. The number of ether oxygens (including phenoxy) is 1. The summed E-state index contributed by atoms with van der Waals surface area (Å²) in [4.78, 5) is 14.3. The molecule has 0 unspecified atom stereocenters. The van der Waals surface area contributed by atoms with E-state index in [0.717, 1.165) is 0 Å². The Bertz CT molecular complexity index is 727. The van der Waals surface area contributed by atoms with Crippen molar-refractivity contribution >= 4 is 5.97 Å². The molecule has 0 saturated carbocycles. The second-order valence-electron chi connectivity index (χ2n) is 6.34. The lowest BCUT2D eigenvalue weighted by atomic mass is 9.96.